The van der Waals surface area contributed by atoms with Crippen LogP contribution in [-0.2, 0) is 9.53 Å². The lowest BCUT2D eigenvalue weighted by atomic mass is 10.1. The highest BCUT2D eigenvalue weighted by Gasteiger charge is 2.16. The van der Waals surface area contributed by atoms with Crippen molar-refractivity contribution >= 4 is 5.91 Å². The third-order valence-electron chi connectivity index (χ3n) is 2.51. The second-order valence-electron chi connectivity index (χ2n) is 3.85. The van der Waals surface area contributed by atoms with Crippen molar-refractivity contribution in [3.8, 4) is 0 Å². The largest absolute Gasteiger partial charge is 0.378 e. The first kappa shape index (κ1) is 12.8. The molecule has 0 aromatic carbocycles. The molecule has 1 rings (SSSR count). The van der Waals surface area contributed by atoms with Gasteiger partial charge in [-0.25, -0.2) is 0 Å². The number of azide groups is 1. The Labute approximate surface area is 95.0 Å². The Balaban J connectivity index is 2.03. The molecule has 0 radical (unpaired) electrons. The van der Waals surface area contributed by atoms with Gasteiger partial charge in [0.1, 0.15) is 0 Å². The molecule has 1 aliphatic rings. The van der Waals surface area contributed by atoms with Crippen molar-refractivity contribution in [3.63, 3.8) is 0 Å². The number of hydrogen-bond donors (Lipinski definition) is 1. The molecule has 1 fully saturated rings. The van der Waals surface area contributed by atoms with Crippen LogP contribution in [0, 0.1) is 0 Å². The van der Waals surface area contributed by atoms with Crippen LogP contribution in [0.25, 0.3) is 10.4 Å². The number of ether oxygens (including phenoxy) is 1. The highest BCUT2D eigenvalue weighted by atomic mass is 16.5. The minimum Gasteiger partial charge on any atom is -0.378 e. The third kappa shape index (κ3) is 5.58. The van der Waals surface area contributed by atoms with Crippen molar-refractivity contribution in [1.82, 2.24) is 5.32 Å². The summed E-state index contributed by atoms with van der Waals surface area (Å²) in [5.41, 5.74) is 8.05. The summed E-state index contributed by atoms with van der Waals surface area (Å²) in [5, 5.41) is 6.18. The third-order valence-corrected chi connectivity index (χ3v) is 2.51. The first-order chi connectivity index (χ1) is 7.83. The van der Waals surface area contributed by atoms with E-state index in [2.05, 4.69) is 15.3 Å². The van der Waals surface area contributed by atoms with Crippen molar-refractivity contribution in [2.24, 2.45) is 5.11 Å². The van der Waals surface area contributed by atoms with E-state index in [0.717, 1.165) is 25.9 Å². The number of carbonyl (C=O) groups excluding carboxylic acids is 1. The monoisotopic (exact) mass is 226 g/mol. The van der Waals surface area contributed by atoms with Gasteiger partial charge in [0.05, 0.1) is 12.5 Å². The summed E-state index contributed by atoms with van der Waals surface area (Å²) in [6.07, 6.45) is 4.44. The number of rotatable bonds is 6. The zero-order valence-electron chi connectivity index (χ0n) is 9.39. The lowest BCUT2D eigenvalue weighted by molar-refractivity contribution is -0.124. The van der Waals surface area contributed by atoms with Crippen LogP contribution in [-0.4, -0.2) is 31.7 Å². The molecule has 0 aliphatic carbocycles. The van der Waals surface area contributed by atoms with Gasteiger partial charge in [-0.3, -0.25) is 4.79 Å². The second-order valence-corrected chi connectivity index (χ2v) is 3.85. The molecule has 1 saturated heterocycles. The first-order valence-electron chi connectivity index (χ1n) is 5.72. The van der Waals surface area contributed by atoms with Crippen LogP contribution in [0.5, 0.6) is 0 Å². The second kappa shape index (κ2) is 7.96. The van der Waals surface area contributed by atoms with E-state index in [1.807, 2.05) is 0 Å². The molecule has 0 spiro atoms. The van der Waals surface area contributed by atoms with Crippen molar-refractivity contribution in [3.05, 3.63) is 10.4 Å². The van der Waals surface area contributed by atoms with E-state index in [9.17, 15) is 4.79 Å². The maximum absolute atomic E-state index is 11.4. The molecule has 0 aromatic rings. The molecule has 0 saturated carbocycles. The van der Waals surface area contributed by atoms with Crippen LogP contribution in [0.1, 0.15) is 32.1 Å². The fourth-order valence-electron chi connectivity index (χ4n) is 1.67. The summed E-state index contributed by atoms with van der Waals surface area (Å²) in [7, 11) is 0. The maximum Gasteiger partial charge on any atom is 0.222 e. The highest BCUT2D eigenvalue weighted by Crippen LogP contribution is 2.15. The molecule has 0 aromatic heterocycles. The van der Waals surface area contributed by atoms with E-state index in [1.165, 1.54) is 0 Å². The normalized spacial score (nSPS) is 19.9. The summed E-state index contributed by atoms with van der Waals surface area (Å²) in [6.45, 7) is 1.76. The van der Waals surface area contributed by atoms with Gasteiger partial charge in [-0.1, -0.05) is 5.11 Å². The van der Waals surface area contributed by atoms with Crippen molar-refractivity contribution < 1.29 is 9.53 Å². The first-order valence-corrected chi connectivity index (χ1v) is 5.72. The Morgan fingerprint density at radius 3 is 3.12 bits per heavy atom. The summed E-state index contributed by atoms with van der Waals surface area (Å²) in [5.74, 6) is 0.0211. The molecule has 6 heteroatoms. The van der Waals surface area contributed by atoms with Crippen molar-refractivity contribution in [1.29, 1.82) is 0 Å². The Hall–Kier alpha value is -1.26. The predicted molar refractivity (Wildman–Crippen MR) is 59.8 cm³/mol. The zero-order chi connectivity index (χ0) is 11.6. The highest BCUT2D eigenvalue weighted by molar-refractivity contribution is 5.76. The van der Waals surface area contributed by atoms with E-state index in [1.54, 1.807) is 0 Å². The van der Waals surface area contributed by atoms with Gasteiger partial charge >= 0.3 is 0 Å². The van der Waals surface area contributed by atoms with Crippen LogP contribution >= 0.6 is 0 Å². The molecular weight excluding hydrogens is 208 g/mol. The number of nitrogens with zero attached hydrogens (tertiary/aromatic N) is 3. The van der Waals surface area contributed by atoms with Gasteiger partial charge in [0.25, 0.3) is 0 Å². The standard InChI is InChI=1S/C10H18N4O2/c11-14-13-6-3-5-12-10(15)8-9-4-1-2-7-16-9/h9H,1-8H2,(H,12,15). The summed E-state index contributed by atoms with van der Waals surface area (Å²) in [6, 6.07) is 0. The Morgan fingerprint density at radius 1 is 1.56 bits per heavy atom. The predicted octanol–water partition coefficient (Wildman–Crippen LogP) is 1.76. The molecule has 1 N–H and O–H groups in total. The van der Waals surface area contributed by atoms with Gasteiger partial charge in [0.15, 0.2) is 0 Å². The number of amides is 1. The van der Waals surface area contributed by atoms with Gasteiger partial charge in [-0.15, -0.1) is 0 Å². The minimum absolute atomic E-state index is 0.0211. The van der Waals surface area contributed by atoms with Gasteiger partial charge in [-0.2, -0.15) is 0 Å². The van der Waals surface area contributed by atoms with Crippen molar-refractivity contribution in [2.75, 3.05) is 19.7 Å². The molecule has 1 heterocycles. The average Bonchev–Trinajstić information content (AvgIpc) is 2.30. The fraction of sp³-hybridized carbons (Fsp3) is 0.900. The maximum atomic E-state index is 11.4. The van der Waals surface area contributed by atoms with E-state index >= 15 is 0 Å². The molecule has 6 nitrogen and oxygen atoms in total. The quantitative estimate of drug-likeness (QED) is 0.324. The lowest BCUT2D eigenvalue weighted by Gasteiger charge is -2.21. The molecule has 16 heavy (non-hydrogen) atoms. The van der Waals surface area contributed by atoms with Crippen LogP contribution in [0.4, 0.5) is 0 Å². The molecule has 1 atom stereocenters. The van der Waals surface area contributed by atoms with Crippen molar-refractivity contribution in [2.45, 2.75) is 38.2 Å². The summed E-state index contributed by atoms with van der Waals surface area (Å²) < 4.78 is 5.47. The lowest BCUT2D eigenvalue weighted by Crippen LogP contribution is -2.31. The van der Waals surface area contributed by atoms with E-state index in [-0.39, 0.29) is 12.0 Å². The molecule has 90 valence electrons. The SMILES string of the molecule is [N-]=[N+]=NCCCNC(=O)CC1CCCCO1. The van der Waals surface area contributed by atoms with Crippen LogP contribution in [0.3, 0.4) is 0 Å². The Morgan fingerprint density at radius 2 is 2.44 bits per heavy atom. The minimum atomic E-state index is 0.0211. The van der Waals surface area contributed by atoms with E-state index < -0.39 is 0 Å². The van der Waals surface area contributed by atoms with Crippen LogP contribution in [0.15, 0.2) is 5.11 Å². The summed E-state index contributed by atoms with van der Waals surface area (Å²) in [4.78, 5) is 14.1. The molecule has 1 unspecified atom stereocenters. The molecule has 1 aliphatic heterocycles. The van der Waals surface area contributed by atoms with E-state index in [4.69, 9.17) is 10.3 Å². The van der Waals surface area contributed by atoms with Crippen LogP contribution < -0.4 is 5.32 Å². The van der Waals surface area contributed by atoms with Gasteiger partial charge < -0.3 is 10.1 Å². The van der Waals surface area contributed by atoms with Crippen LogP contribution in [0.2, 0.25) is 0 Å². The average molecular weight is 226 g/mol. The summed E-state index contributed by atoms with van der Waals surface area (Å²) >= 11 is 0. The van der Waals surface area contributed by atoms with Gasteiger partial charge in [-0.05, 0) is 31.2 Å². The number of nitrogens with one attached hydrogen (secondary N) is 1. The zero-order valence-corrected chi connectivity index (χ0v) is 9.39. The fourth-order valence-corrected chi connectivity index (χ4v) is 1.67. The number of hydrogen-bond acceptors (Lipinski definition) is 3. The Bertz CT molecular complexity index is 258. The molecule has 1 amide bonds. The molecular formula is C10H18N4O2. The number of carbonyl (C=O) groups is 1. The van der Waals surface area contributed by atoms with E-state index in [0.29, 0.717) is 25.9 Å². The van der Waals surface area contributed by atoms with Gasteiger partial charge in [0, 0.05) is 24.6 Å². The smallest absolute Gasteiger partial charge is 0.222 e. The van der Waals surface area contributed by atoms with Gasteiger partial charge in [0.2, 0.25) is 5.91 Å². The topological polar surface area (TPSA) is 87.1 Å². The molecule has 0 bridgehead atoms. The Kier molecular flexibility index (Phi) is 6.37.